The number of aliphatic carboxylic acids is 1. The fourth-order valence-electron chi connectivity index (χ4n) is 12.6. The SMILES string of the molecule is CC[C@@H](C)[C@H](C(CC(=O)N1CCC[C@@H]1[C@@H](OC)[C@H](C)C(=O)N[C@H](Cc1ccccc1)C(=O)O)OC)N(C)C(=O)[C@H](NC(=O)[C@@H](C(C)C)N(C)C(=O)CCOCCOCCOCCOCCOCCOCCOCCOCCNC(=O)CCC(=O)N1Cc2ccccc2C#Cc2ccccc21)C(C)C. The number of rotatable bonds is 51. The van der Waals surface area contributed by atoms with Crippen LogP contribution in [0.5, 0.6) is 0 Å². The first-order valence-electron chi connectivity index (χ1n) is 36.3. The zero-order valence-corrected chi connectivity index (χ0v) is 62.5. The lowest BCUT2D eigenvalue weighted by Crippen LogP contribution is -2.60. The summed E-state index contributed by atoms with van der Waals surface area (Å²) < 4.78 is 56.7. The van der Waals surface area contributed by atoms with E-state index in [4.69, 9.17) is 47.4 Å². The first kappa shape index (κ1) is 86.2. The number of likely N-dealkylation sites (N-methyl/N-ethyl adjacent to an activating group) is 2. The van der Waals surface area contributed by atoms with Crippen LogP contribution >= 0.6 is 0 Å². The van der Waals surface area contributed by atoms with Crippen molar-refractivity contribution in [2.45, 2.75) is 149 Å². The Morgan fingerprint density at radius 3 is 1.67 bits per heavy atom. The minimum atomic E-state index is -1.17. The predicted molar refractivity (Wildman–Crippen MR) is 387 cm³/mol. The Balaban J connectivity index is 0.870. The summed E-state index contributed by atoms with van der Waals surface area (Å²) in [5.74, 6) is 1.30. The number of carboxylic acids is 1. The lowest BCUT2D eigenvalue weighted by atomic mass is 9.89. The molecule has 2 aliphatic heterocycles. The molecule has 0 saturated carbocycles. The van der Waals surface area contributed by atoms with Crippen molar-refractivity contribution in [2.75, 3.05) is 152 Å². The number of ether oxygens (including phenoxy) is 10. The van der Waals surface area contributed by atoms with Gasteiger partial charge in [-0.1, -0.05) is 127 Å². The smallest absolute Gasteiger partial charge is 0.326 e. The molecule has 0 bridgehead atoms. The standard InChI is InChI=1S/C77H115N7O19/c1-12-56(6)72(65(94-10)52-69(88)83-34-20-27-64(83)73(95-11)57(7)74(89)79-62(77(92)93)51-58-21-14-13-15-22-58)82(9)76(91)70(54(2)3)80-75(90)71(55(4)5)81(8)67(86)32-35-96-37-39-98-41-43-100-45-47-102-49-50-103-48-46-101-44-42-99-40-38-97-36-33-78-66(85)30-31-68(87)84-53-61-25-17-16-23-59(61)28-29-60-24-18-19-26-63(60)84/h13-19,21-26,54-57,62,64-65,70-73H,12,20,27,30-53H2,1-11H3,(H,78,85)(H,79,89)(H,80,90)(H,92,93)/t56-,57+,62-,64-,65?,70-,71-,72-,73+/m1/s1. The highest BCUT2D eigenvalue weighted by molar-refractivity contribution is 5.97. The number of hydrogen-bond donors (Lipinski definition) is 4. The van der Waals surface area contributed by atoms with Gasteiger partial charge in [-0.3, -0.25) is 33.6 Å². The second-order valence-corrected chi connectivity index (χ2v) is 26.5. The highest BCUT2D eigenvalue weighted by Crippen LogP contribution is 2.31. The maximum Gasteiger partial charge on any atom is 0.326 e. The van der Waals surface area contributed by atoms with Crippen molar-refractivity contribution in [2.24, 2.45) is 23.7 Å². The van der Waals surface area contributed by atoms with Gasteiger partial charge in [0.2, 0.25) is 41.4 Å². The van der Waals surface area contributed by atoms with E-state index < -0.39 is 66.1 Å². The first-order valence-corrected chi connectivity index (χ1v) is 36.3. The molecule has 1 saturated heterocycles. The van der Waals surface area contributed by atoms with Crippen LogP contribution in [0.3, 0.4) is 0 Å². The Bertz CT molecular complexity index is 3130. The van der Waals surface area contributed by atoms with Crippen LogP contribution in [0, 0.1) is 35.5 Å². The van der Waals surface area contributed by atoms with Crippen LogP contribution in [0.4, 0.5) is 5.69 Å². The van der Waals surface area contributed by atoms with Crippen molar-refractivity contribution >= 4 is 53.0 Å². The zero-order valence-electron chi connectivity index (χ0n) is 62.5. The van der Waals surface area contributed by atoms with E-state index in [-0.39, 0.29) is 99.2 Å². The fourth-order valence-corrected chi connectivity index (χ4v) is 12.6. The van der Waals surface area contributed by atoms with Gasteiger partial charge in [0.05, 0.1) is 161 Å². The zero-order chi connectivity index (χ0) is 75.1. The number of para-hydroxylation sites is 1. The van der Waals surface area contributed by atoms with E-state index in [2.05, 4.69) is 27.8 Å². The maximum atomic E-state index is 14.7. The molecule has 26 heteroatoms. The highest BCUT2D eigenvalue weighted by atomic mass is 16.6. The molecule has 0 aliphatic carbocycles. The summed E-state index contributed by atoms with van der Waals surface area (Å²) in [6.45, 7) is 19.7. The van der Waals surface area contributed by atoms with E-state index in [0.717, 1.165) is 27.9 Å². The second kappa shape index (κ2) is 47.8. The van der Waals surface area contributed by atoms with Crippen LogP contribution in [0.1, 0.15) is 116 Å². The van der Waals surface area contributed by atoms with Gasteiger partial charge in [-0.2, -0.15) is 0 Å². The number of nitrogens with zero attached hydrogens (tertiary/aromatic N) is 4. The molecule has 103 heavy (non-hydrogen) atoms. The molecule has 1 fully saturated rings. The van der Waals surface area contributed by atoms with Crippen LogP contribution in [-0.2, 0) is 98.7 Å². The maximum absolute atomic E-state index is 14.7. The molecule has 9 atom stereocenters. The van der Waals surface area contributed by atoms with Crippen molar-refractivity contribution in [3.63, 3.8) is 0 Å². The van der Waals surface area contributed by atoms with Crippen LogP contribution < -0.4 is 20.9 Å². The summed E-state index contributed by atoms with van der Waals surface area (Å²) in [7, 11) is 6.21. The lowest BCUT2D eigenvalue weighted by Gasteiger charge is -2.41. The van der Waals surface area contributed by atoms with Crippen LogP contribution in [0.15, 0.2) is 78.9 Å². The van der Waals surface area contributed by atoms with Crippen molar-refractivity contribution in [3.05, 3.63) is 101 Å². The molecular formula is C77H115N7O19. The molecule has 3 aromatic carbocycles. The molecule has 26 nitrogen and oxygen atoms in total. The molecule has 0 aromatic heterocycles. The minimum Gasteiger partial charge on any atom is -0.480 e. The van der Waals surface area contributed by atoms with Gasteiger partial charge in [-0.15, -0.1) is 0 Å². The molecule has 1 unspecified atom stereocenters. The van der Waals surface area contributed by atoms with Gasteiger partial charge in [0.1, 0.15) is 18.1 Å². The topological polar surface area (TPSA) is 298 Å². The number of carboxylic acid groups (broad SMARTS) is 1. The summed E-state index contributed by atoms with van der Waals surface area (Å²) in [6, 6.07) is 20.2. The Kier molecular flexibility index (Phi) is 40.0. The van der Waals surface area contributed by atoms with Crippen LogP contribution in [0.2, 0.25) is 0 Å². The van der Waals surface area contributed by atoms with Gasteiger partial charge >= 0.3 is 5.97 Å². The molecule has 3 aromatic rings. The number of carbonyl (C=O) groups excluding carboxylic acids is 7. The number of carbonyl (C=O) groups is 8. The van der Waals surface area contributed by atoms with Gasteiger partial charge in [-0.05, 0) is 59.9 Å². The molecular weight excluding hydrogens is 1330 g/mol. The molecule has 2 heterocycles. The number of fused-ring (bicyclic) bond motifs is 2. The fraction of sp³-hybridized carbons (Fsp3) is 0.636. The van der Waals surface area contributed by atoms with Crippen molar-refractivity contribution in [1.82, 2.24) is 30.7 Å². The second-order valence-electron chi connectivity index (χ2n) is 26.5. The van der Waals surface area contributed by atoms with Gasteiger partial charge in [0.15, 0.2) is 0 Å². The molecule has 4 N–H and O–H groups in total. The monoisotopic (exact) mass is 1440 g/mol. The molecule has 0 spiro atoms. The van der Waals surface area contributed by atoms with Gasteiger partial charge in [0.25, 0.3) is 0 Å². The Labute approximate surface area is 609 Å². The van der Waals surface area contributed by atoms with Crippen LogP contribution in [-0.4, -0.2) is 257 Å². The summed E-state index contributed by atoms with van der Waals surface area (Å²) in [5, 5.41) is 18.5. The molecule has 5 rings (SSSR count). The first-order chi connectivity index (χ1) is 49.6. The number of anilines is 1. The summed E-state index contributed by atoms with van der Waals surface area (Å²) in [4.78, 5) is 115. The van der Waals surface area contributed by atoms with Gasteiger partial charge < -0.3 is 88.0 Å². The highest BCUT2D eigenvalue weighted by Gasteiger charge is 2.44. The average molecular weight is 1440 g/mol. The van der Waals surface area contributed by atoms with Gasteiger partial charge in [0, 0.05) is 71.8 Å². The summed E-state index contributed by atoms with van der Waals surface area (Å²) in [5.41, 5.74) is 4.10. The number of likely N-dealkylation sites (tertiary alicyclic amines) is 1. The molecule has 0 radical (unpaired) electrons. The van der Waals surface area contributed by atoms with E-state index >= 15 is 0 Å². The van der Waals surface area contributed by atoms with E-state index in [1.807, 2.05) is 96.1 Å². The third kappa shape index (κ3) is 29.2. The van der Waals surface area contributed by atoms with E-state index in [0.29, 0.717) is 125 Å². The van der Waals surface area contributed by atoms with Gasteiger partial charge in [-0.25, -0.2) is 4.79 Å². The van der Waals surface area contributed by atoms with E-state index in [1.165, 1.54) is 19.1 Å². The number of hydrogen-bond acceptors (Lipinski definition) is 18. The van der Waals surface area contributed by atoms with E-state index in [9.17, 15) is 43.5 Å². The number of benzene rings is 3. The van der Waals surface area contributed by atoms with Crippen molar-refractivity contribution in [3.8, 4) is 11.8 Å². The average Bonchev–Trinajstić information content (AvgIpc) is 1.14. The number of methoxy groups -OCH3 is 2. The molecule has 7 amide bonds. The number of amides is 7. The largest absolute Gasteiger partial charge is 0.480 e. The lowest BCUT2D eigenvalue weighted by molar-refractivity contribution is -0.149. The normalized spacial score (nSPS) is 15.8. The van der Waals surface area contributed by atoms with Crippen LogP contribution in [0.25, 0.3) is 0 Å². The Morgan fingerprint density at radius 2 is 1.13 bits per heavy atom. The van der Waals surface area contributed by atoms with E-state index in [1.54, 1.807) is 60.0 Å². The van der Waals surface area contributed by atoms with Crippen molar-refractivity contribution in [1.29, 1.82) is 0 Å². The Hall–Kier alpha value is -7.42. The number of nitrogens with one attached hydrogen (secondary N) is 3. The summed E-state index contributed by atoms with van der Waals surface area (Å²) in [6.07, 6.45) is 0.485. The quantitative estimate of drug-likeness (QED) is 0.0389. The molecule has 572 valence electrons. The Morgan fingerprint density at radius 1 is 0.592 bits per heavy atom. The predicted octanol–water partition coefficient (Wildman–Crippen LogP) is 5.71. The molecule has 2 aliphatic rings. The third-order valence-electron chi connectivity index (χ3n) is 18.5. The van der Waals surface area contributed by atoms with Crippen molar-refractivity contribution < 1.29 is 90.8 Å². The summed E-state index contributed by atoms with van der Waals surface area (Å²) >= 11 is 0. The minimum absolute atomic E-state index is 0.0131. The third-order valence-corrected chi connectivity index (χ3v) is 18.5.